The maximum Gasteiger partial charge on any atom is 0.236 e. The fourth-order valence-corrected chi connectivity index (χ4v) is 5.64. The molecule has 2 aromatic rings. The lowest BCUT2D eigenvalue weighted by Gasteiger charge is -2.37. The van der Waals surface area contributed by atoms with E-state index in [2.05, 4.69) is 15.9 Å². The molecular weight excluding hydrogens is 456 g/mol. The monoisotopic (exact) mass is 478 g/mol. The van der Waals surface area contributed by atoms with Crippen LogP contribution in [0.5, 0.6) is 0 Å². The number of fused-ring (bicyclic) bond motifs is 5. The van der Waals surface area contributed by atoms with Crippen LogP contribution in [0.1, 0.15) is 36.2 Å². The number of anilines is 1. The molecule has 0 saturated carbocycles. The van der Waals surface area contributed by atoms with Gasteiger partial charge in [-0.25, -0.2) is 0 Å². The molecule has 5 nitrogen and oxygen atoms in total. The smallest absolute Gasteiger partial charge is 0.236 e. The van der Waals surface area contributed by atoms with Gasteiger partial charge in [0.05, 0.1) is 17.9 Å². The van der Waals surface area contributed by atoms with Gasteiger partial charge in [0.15, 0.2) is 5.78 Å². The molecule has 158 valence electrons. The van der Waals surface area contributed by atoms with Crippen molar-refractivity contribution >= 4 is 45.3 Å². The first-order valence-corrected chi connectivity index (χ1v) is 11.5. The number of hydrogen-bond donors (Lipinski definition) is 0. The number of rotatable bonds is 4. The van der Waals surface area contributed by atoms with E-state index in [0.29, 0.717) is 12.0 Å². The van der Waals surface area contributed by atoms with Crippen LogP contribution < -0.4 is 4.90 Å². The fourth-order valence-electron chi connectivity index (χ4n) is 5.26. The average molecular weight is 479 g/mol. The number of benzene rings is 2. The van der Waals surface area contributed by atoms with Crippen LogP contribution in [0.15, 0.2) is 59.1 Å². The van der Waals surface area contributed by atoms with Gasteiger partial charge in [0.25, 0.3) is 0 Å². The number of ketones is 1. The Morgan fingerprint density at radius 2 is 1.77 bits per heavy atom. The molecule has 2 fully saturated rings. The minimum atomic E-state index is -0.715. The van der Waals surface area contributed by atoms with E-state index in [1.165, 1.54) is 4.90 Å². The van der Waals surface area contributed by atoms with Gasteiger partial charge in [-0.2, -0.15) is 0 Å². The number of Topliss-reactive ketones (excluding diaryl/α,β-unsaturated/α-hetero) is 1. The molecular formula is C25H23BrN2O3. The van der Waals surface area contributed by atoms with E-state index in [1.807, 2.05) is 67.3 Å². The van der Waals surface area contributed by atoms with Crippen molar-refractivity contribution in [1.29, 1.82) is 0 Å². The zero-order chi connectivity index (χ0) is 21.9. The molecule has 2 amide bonds. The molecule has 0 radical (unpaired) electrons. The Labute approximate surface area is 189 Å². The summed E-state index contributed by atoms with van der Waals surface area (Å²) >= 11 is 3.51. The number of nitrogens with zero attached hydrogens (tertiary/aromatic N) is 2. The molecule has 0 spiro atoms. The minimum Gasteiger partial charge on any atom is -0.352 e. The van der Waals surface area contributed by atoms with Crippen molar-refractivity contribution in [3.63, 3.8) is 0 Å². The highest BCUT2D eigenvalue weighted by Gasteiger charge is 2.64. The highest BCUT2D eigenvalue weighted by atomic mass is 79.9. The molecule has 0 unspecified atom stereocenters. The summed E-state index contributed by atoms with van der Waals surface area (Å²) in [6.07, 6.45) is 4.67. The number of likely N-dealkylation sites (tertiary alicyclic amines) is 1. The van der Waals surface area contributed by atoms with Crippen molar-refractivity contribution in [2.45, 2.75) is 38.4 Å². The third-order valence-corrected chi connectivity index (χ3v) is 7.35. The number of halogens is 1. The minimum absolute atomic E-state index is 0.116. The zero-order valence-electron chi connectivity index (χ0n) is 17.4. The third-order valence-electron chi connectivity index (χ3n) is 6.86. The van der Waals surface area contributed by atoms with E-state index in [1.54, 1.807) is 12.1 Å². The highest BCUT2D eigenvalue weighted by molar-refractivity contribution is 9.10. The number of amides is 2. The molecule has 5 atom stereocenters. The maximum atomic E-state index is 13.8. The Bertz CT molecular complexity index is 1110. The Hall–Kier alpha value is -2.73. The molecule has 31 heavy (non-hydrogen) atoms. The summed E-state index contributed by atoms with van der Waals surface area (Å²) in [5, 5.41) is 0. The number of carbonyl (C=O) groups excluding carboxylic acids is 3. The predicted molar refractivity (Wildman–Crippen MR) is 123 cm³/mol. The van der Waals surface area contributed by atoms with E-state index >= 15 is 0 Å². The Morgan fingerprint density at radius 3 is 2.48 bits per heavy atom. The van der Waals surface area contributed by atoms with Gasteiger partial charge in [0.2, 0.25) is 11.8 Å². The van der Waals surface area contributed by atoms with Crippen molar-refractivity contribution in [2.24, 2.45) is 11.8 Å². The number of carbonyl (C=O) groups is 3. The van der Waals surface area contributed by atoms with Gasteiger partial charge in [0.1, 0.15) is 6.04 Å². The van der Waals surface area contributed by atoms with E-state index in [9.17, 15) is 14.4 Å². The van der Waals surface area contributed by atoms with E-state index in [4.69, 9.17) is 0 Å². The Kier molecular flexibility index (Phi) is 4.85. The van der Waals surface area contributed by atoms with Gasteiger partial charge in [-0.05, 0) is 37.1 Å². The second-order valence-electron chi connectivity index (χ2n) is 8.49. The van der Waals surface area contributed by atoms with Crippen LogP contribution in [0.2, 0.25) is 0 Å². The highest BCUT2D eigenvalue weighted by Crippen LogP contribution is 2.49. The Balaban J connectivity index is 1.66. The fraction of sp³-hybridized carbons (Fsp3) is 0.320. The maximum absolute atomic E-state index is 13.8. The first kappa shape index (κ1) is 20.2. The standard InChI is InChI=1S/C25H23BrN2O3/c1-3-14(2)27-24(30)20-19-11-9-16-13-17(26)10-12-18(16)28(19)22(21(20)25(27)31)23(29)15-7-5-4-6-8-15/h4-14,19-22H,3H2,1-2H3/t14-,19+,20+,21-,22+/m1/s1. The van der Waals surface area contributed by atoms with Crippen LogP contribution in [0.25, 0.3) is 6.08 Å². The normalized spacial score (nSPS) is 27.2. The van der Waals surface area contributed by atoms with E-state index in [-0.39, 0.29) is 29.7 Å². The second kappa shape index (κ2) is 7.45. The van der Waals surface area contributed by atoms with Crippen LogP contribution in [-0.4, -0.2) is 40.6 Å². The van der Waals surface area contributed by atoms with Crippen LogP contribution >= 0.6 is 15.9 Å². The summed E-state index contributed by atoms with van der Waals surface area (Å²) in [6, 6.07) is 13.7. The van der Waals surface area contributed by atoms with Gasteiger partial charge in [-0.1, -0.05) is 65.3 Å². The lowest BCUT2D eigenvalue weighted by atomic mass is 9.86. The largest absolute Gasteiger partial charge is 0.352 e. The molecule has 2 saturated heterocycles. The van der Waals surface area contributed by atoms with Gasteiger partial charge < -0.3 is 4.90 Å². The SMILES string of the molecule is CC[C@@H](C)N1C(=O)[C@@H]2[C@@H](C1=O)[C@@H]1C=Cc3cc(Br)ccc3N1[C@@H]2C(=O)c1ccccc1. The van der Waals surface area contributed by atoms with Gasteiger partial charge in [-0.15, -0.1) is 0 Å². The molecule has 0 bridgehead atoms. The average Bonchev–Trinajstić information content (AvgIpc) is 3.26. The lowest BCUT2D eigenvalue weighted by Crippen LogP contribution is -2.50. The quantitative estimate of drug-likeness (QED) is 0.485. The van der Waals surface area contributed by atoms with Crippen LogP contribution in [0.3, 0.4) is 0 Å². The topological polar surface area (TPSA) is 57.7 Å². The van der Waals surface area contributed by atoms with Gasteiger partial charge in [-0.3, -0.25) is 19.3 Å². The molecule has 6 heteroatoms. The molecule has 3 heterocycles. The lowest BCUT2D eigenvalue weighted by molar-refractivity contribution is -0.142. The summed E-state index contributed by atoms with van der Waals surface area (Å²) in [5.74, 6) is -1.73. The summed E-state index contributed by atoms with van der Waals surface area (Å²) in [4.78, 5) is 44.2. The predicted octanol–water partition coefficient (Wildman–Crippen LogP) is 4.32. The van der Waals surface area contributed by atoms with Gasteiger partial charge in [0, 0.05) is 21.8 Å². The van der Waals surface area contributed by atoms with E-state index < -0.39 is 17.9 Å². The third kappa shape index (κ3) is 2.92. The van der Waals surface area contributed by atoms with Crippen molar-refractivity contribution < 1.29 is 14.4 Å². The molecule has 2 aromatic carbocycles. The van der Waals surface area contributed by atoms with Crippen molar-refractivity contribution in [2.75, 3.05) is 4.90 Å². The van der Waals surface area contributed by atoms with Crippen LogP contribution in [0, 0.1) is 11.8 Å². The summed E-state index contributed by atoms with van der Waals surface area (Å²) in [7, 11) is 0. The number of imide groups is 1. The molecule has 0 aliphatic carbocycles. The molecule has 3 aliphatic heterocycles. The molecule has 3 aliphatic rings. The van der Waals surface area contributed by atoms with Crippen molar-refractivity contribution in [3.05, 3.63) is 70.2 Å². The second-order valence-corrected chi connectivity index (χ2v) is 9.41. The summed E-state index contributed by atoms with van der Waals surface area (Å²) in [5.41, 5.74) is 2.41. The first-order valence-electron chi connectivity index (χ1n) is 10.7. The Morgan fingerprint density at radius 1 is 1.06 bits per heavy atom. The molecule has 0 aromatic heterocycles. The zero-order valence-corrected chi connectivity index (χ0v) is 19.0. The summed E-state index contributed by atoms with van der Waals surface area (Å²) < 4.78 is 0.940. The van der Waals surface area contributed by atoms with Gasteiger partial charge >= 0.3 is 0 Å². The molecule has 0 N–H and O–H groups in total. The molecule has 5 rings (SSSR count). The van der Waals surface area contributed by atoms with E-state index in [0.717, 1.165) is 15.7 Å². The first-order chi connectivity index (χ1) is 14.9. The van der Waals surface area contributed by atoms with Crippen molar-refractivity contribution in [1.82, 2.24) is 4.90 Å². The number of hydrogen-bond acceptors (Lipinski definition) is 4. The summed E-state index contributed by atoms with van der Waals surface area (Å²) in [6.45, 7) is 3.86. The van der Waals surface area contributed by atoms with Crippen LogP contribution in [0.4, 0.5) is 5.69 Å². The van der Waals surface area contributed by atoms with Crippen LogP contribution in [-0.2, 0) is 9.59 Å². The van der Waals surface area contributed by atoms with Crippen molar-refractivity contribution in [3.8, 4) is 0 Å².